The van der Waals surface area contributed by atoms with E-state index in [1.54, 1.807) is 0 Å². The summed E-state index contributed by atoms with van der Waals surface area (Å²) in [4.78, 5) is 12.3. The smallest absolute Gasteiger partial charge is 0.406 e. The molecule has 22 heavy (non-hydrogen) atoms. The van der Waals surface area contributed by atoms with E-state index in [0.717, 1.165) is 11.1 Å². The summed E-state index contributed by atoms with van der Waals surface area (Å²) in [6.45, 7) is 1.88. The van der Waals surface area contributed by atoms with E-state index in [1.807, 2.05) is 25.1 Å². The van der Waals surface area contributed by atoms with Crippen LogP contribution in [0, 0.1) is 5.92 Å². The monoisotopic (exact) mass is 306 g/mol. The minimum atomic E-state index is -4.71. The highest BCUT2D eigenvalue weighted by atomic mass is 19.4. The first kappa shape index (κ1) is 14.6. The molecule has 2 aromatic carbocycles. The van der Waals surface area contributed by atoms with E-state index in [2.05, 4.69) is 4.74 Å². The lowest BCUT2D eigenvalue weighted by molar-refractivity contribution is -0.274. The fourth-order valence-corrected chi connectivity index (χ4v) is 2.81. The molecule has 0 aromatic heterocycles. The number of ketones is 1. The van der Waals surface area contributed by atoms with Gasteiger partial charge in [0.25, 0.3) is 0 Å². The molecule has 0 heterocycles. The number of halogens is 3. The van der Waals surface area contributed by atoms with Gasteiger partial charge in [-0.1, -0.05) is 37.3 Å². The Morgan fingerprint density at radius 2 is 1.77 bits per heavy atom. The molecule has 1 aliphatic carbocycles. The predicted molar refractivity (Wildman–Crippen MR) is 75.8 cm³/mol. The third kappa shape index (κ3) is 2.71. The Labute approximate surface area is 125 Å². The second-order valence-electron chi connectivity index (χ2n) is 5.38. The van der Waals surface area contributed by atoms with Crippen LogP contribution in [-0.2, 0) is 6.42 Å². The molecular formula is C17H13F3O2. The van der Waals surface area contributed by atoms with Crippen LogP contribution in [-0.4, -0.2) is 12.1 Å². The number of carbonyl (C=O) groups is 1. The van der Waals surface area contributed by atoms with Crippen molar-refractivity contribution in [3.63, 3.8) is 0 Å². The van der Waals surface area contributed by atoms with Crippen molar-refractivity contribution in [3.8, 4) is 16.9 Å². The molecule has 1 unspecified atom stereocenters. The van der Waals surface area contributed by atoms with E-state index >= 15 is 0 Å². The van der Waals surface area contributed by atoms with Gasteiger partial charge in [0, 0.05) is 11.5 Å². The normalized spacial score (nSPS) is 17.5. The molecule has 0 amide bonds. The lowest BCUT2D eigenvalue weighted by Gasteiger charge is -2.11. The lowest BCUT2D eigenvalue weighted by atomic mass is 9.96. The van der Waals surface area contributed by atoms with Gasteiger partial charge in [-0.05, 0) is 35.2 Å². The van der Waals surface area contributed by atoms with Crippen molar-refractivity contribution in [1.29, 1.82) is 0 Å². The number of hydrogen-bond donors (Lipinski definition) is 0. The lowest BCUT2D eigenvalue weighted by Crippen LogP contribution is -2.16. The molecule has 1 atom stereocenters. The molecule has 5 heteroatoms. The Morgan fingerprint density at radius 3 is 2.41 bits per heavy atom. The zero-order valence-corrected chi connectivity index (χ0v) is 11.8. The topological polar surface area (TPSA) is 26.3 Å². The van der Waals surface area contributed by atoms with E-state index in [9.17, 15) is 18.0 Å². The van der Waals surface area contributed by atoms with Gasteiger partial charge in [0.15, 0.2) is 5.78 Å². The van der Waals surface area contributed by atoms with E-state index in [4.69, 9.17) is 0 Å². The molecule has 114 valence electrons. The molecule has 2 aromatic rings. The Balaban J connectivity index is 1.97. The quantitative estimate of drug-likeness (QED) is 0.809. The van der Waals surface area contributed by atoms with Gasteiger partial charge in [-0.3, -0.25) is 4.79 Å². The van der Waals surface area contributed by atoms with Crippen LogP contribution in [0.2, 0.25) is 0 Å². The van der Waals surface area contributed by atoms with Crippen LogP contribution >= 0.6 is 0 Å². The van der Waals surface area contributed by atoms with Crippen LogP contribution in [0.4, 0.5) is 13.2 Å². The van der Waals surface area contributed by atoms with Crippen molar-refractivity contribution in [2.45, 2.75) is 19.7 Å². The average molecular weight is 306 g/mol. The van der Waals surface area contributed by atoms with E-state index in [1.165, 1.54) is 24.3 Å². The highest BCUT2D eigenvalue weighted by Crippen LogP contribution is 2.35. The molecule has 0 saturated carbocycles. The van der Waals surface area contributed by atoms with E-state index in [-0.39, 0.29) is 17.5 Å². The van der Waals surface area contributed by atoms with Gasteiger partial charge in [-0.2, -0.15) is 0 Å². The second-order valence-corrected chi connectivity index (χ2v) is 5.38. The fourth-order valence-electron chi connectivity index (χ4n) is 2.81. The Morgan fingerprint density at radius 1 is 1.09 bits per heavy atom. The van der Waals surface area contributed by atoms with Crippen molar-refractivity contribution < 1.29 is 22.7 Å². The molecule has 0 fully saturated rings. The minimum absolute atomic E-state index is 0.0519. The van der Waals surface area contributed by atoms with Crippen LogP contribution in [0.1, 0.15) is 22.8 Å². The zero-order chi connectivity index (χ0) is 15.9. The van der Waals surface area contributed by atoms with Crippen LogP contribution < -0.4 is 4.74 Å². The van der Waals surface area contributed by atoms with Crippen molar-refractivity contribution in [1.82, 2.24) is 0 Å². The van der Waals surface area contributed by atoms with Crippen LogP contribution in [0.25, 0.3) is 11.1 Å². The van der Waals surface area contributed by atoms with Gasteiger partial charge in [-0.15, -0.1) is 13.2 Å². The standard InChI is InChI=1S/C17H13F3O2/c1-10-9-12-3-2-4-14(15(12)16(10)21)11-5-7-13(8-6-11)22-17(18,19)20/h2-8,10H,9H2,1H3. The van der Waals surface area contributed by atoms with Gasteiger partial charge in [0.1, 0.15) is 5.75 Å². The third-order valence-corrected chi connectivity index (χ3v) is 3.77. The Kier molecular flexibility index (Phi) is 3.43. The van der Waals surface area contributed by atoms with E-state index in [0.29, 0.717) is 17.5 Å². The van der Waals surface area contributed by atoms with Crippen LogP contribution in [0.15, 0.2) is 42.5 Å². The number of carbonyl (C=O) groups excluding carboxylic acids is 1. The number of ether oxygens (including phenoxy) is 1. The largest absolute Gasteiger partial charge is 0.573 e. The molecule has 0 spiro atoms. The summed E-state index contributed by atoms with van der Waals surface area (Å²) < 4.78 is 40.4. The fraction of sp³-hybridized carbons (Fsp3) is 0.235. The molecular weight excluding hydrogens is 293 g/mol. The van der Waals surface area contributed by atoms with E-state index < -0.39 is 6.36 Å². The van der Waals surface area contributed by atoms with Crippen molar-refractivity contribution in [3.05, 3.63) is 53.6 Å². The minimum Gasteiger partial charge on any atom is -0.406 e. The van der Waals surface area contributed by atoms with Crippen LogP contribution in [0.5, 0.6) is 5.75 Å². The van der Waals surface area contributed by atoms with Crippen molar-refractivity contribution in [2.75, 3.05) is 0 Å². The number of alkyl halides is 3. The first-order valence-electron chi connectivity index (χ1n) is 6.87. The molecule has 0 radical (unpaired) electrons. The molecule has 3 rings (SSSR count). The maximum absolute atomic E-state index is 12.3. The highest BCUT2D eigenvalue weighted by molar-refractivity contribution is 6.07. The Hall–Kier alpha value is -2.30. The molecule has 0 bridgehead atoms. The molecule has 0 aliphatic heterocycles. The second kappa shape index (κ2) is 5.16. The summed E-state index contributed by atoms with van der Waals surface area (Å²) in [7, 11) is 0. The first-order chi connectivity index (χ1) is 10.3. The van der Waals surface area contributed by atoms with Gasteiger partial charge < -0.3 is 4.74 Å². The Bertz CT molecular complexity index is 718. The molecule has 0 saturated heterocycles. The number of benzene rings is 2. The number of fused-ring (bicyclic) bond motifs is 1. The summed E-state index contributed by atoms with van der Waals surface area (Å²) in [5.41, 5.74) is 3.13. The maximum Gasteiger partial charge on any atom is 0.573 e. The summed E-state index contributed by atoms with van der Waals surface area (Å²) in [5.74, 6) is -0.242. The average Bonchev–Trinajstić information content (AvgIpc) is 2.73. The zero-order valence-electron chi connectivity index (χ0n) is 11.8. The first-order valence-corrected chi connectivity index (χ1v) is 6.87. The molecule has 1 aliphatic rings. The highest BCUT2D eigenvalue weighted by Gasteiger charge is 2.31. The summed E-state index contributed by atoms with van der Waals surface area (Å²) >= 11 is 0. The van der Waals surface area contributed by atoms with Gasteiger partial charge in [-0.25, -0.2) is 0 Å². The number of Topliss-reactive ketones (excluding diaryl/α,β-unsaturated/α-hetero) is 1. The predicted octanol–water partition coefficient (Wildman–Crippen LogP) is 4.63. The third-order valence-electron chi connectivity index (χ3n) is 3.77. The SMILES string of the molecule is CC1Cc2cccc(-c3ccc(OC(F)(F)F)cc3)c2C1=O. The number of rotatable bonds is 2. The summed E-state index contributed by atoms with van der Waals surface area (Å²) in [5, 5.41) is 0. The van der Waals surface area contributed by atoms with Gasteiger partial charge in [0.05, 0.1) is 0 Å². The van der Waals surface area contributed by atoms with Crippen molar-refractivity contribution >= 4 is 5.78 Å². The van der Waals surface area contributed by atoms with Gasteiger partial charge >= 0.3 is 6.36 Å². The number of hydrogen-bond acceptors (Lipinski definition) is 2. The molecule has 0 N–H and O–H groups in total. The van der Waals surface area contributed by atoms with Crippen molar-refractivity contribution in [2.24, 2.45) is 5.92 Å². The maximum atomic E-state index is 12.3. The summed E-state index contributed by atoms with van der Waals surface area (Å²) in [6.07, 6.45) is -4.00. The molecule has 2 nitrogen and oxygen atoms in total. The van der Waals surface area contributed by atoms with Gasteiger partial charge in [0.2, 0.25) is 0 Å². The van der Waals surface area contributed by atoms with Crippen LogP contribution in [0.3, 0.4) is 0 Å². The summed E-state index contributed by atoms with van der Waals surface area (Å²) in [6, 6.07) is 11.2.